The molecule has 6 aromatic rings. The number of carbonyl (C=O) groups excluding carboxylic acids is 1. The number of aryl methyl sites for hydroxylation is 3. The zero-order chi connectivity index (χ0) is 28.5. The van der Waals surface area contributed by atoms with E-state index in [0.29, 0.717) is 11.4 Å². The van der Waals surface area contributed by atoms with Gasteiger partial charge in [0.2, 0.25) is 11.5 Å². The van der Waals surface area contributed by atoms with Crippen molar-refractivity contribution in [3.63, 3.8) is 0 Å². The number of rotatable bonds is 4. The fraction of sp³-hybridized carbons (Fsp3) is 0.133. The molecule has 0 fully saturated rings. The molecule has 0 radical (unpaired) electrons. The minimum absolute atomic E-state index is 0.157. The summed E-state index contributed by atoms with van der Waals surface area (Å²) in [5.74, 6) is 1.39. The van der Waals surface area contributed by atoms with Gasteiger partial charge in [0, 0.05) is 43.6 Å². The van der Waals surface area contributed by atoms with Gasteiger partial charge in [0.25, 0.3) is 0 Å². The number of pyridine rings is 3. The smallest absolute Gasteiger partial charge is 0.250 e. The Morgan fingerprint density at radius 3 is 2.56 bits per heavy atom. The SMILES string of the molecule is Cn1cc(C(N)=O)ccc1=O.Nc1ncccc1-c1nc2ccc(-n3cccn3)nc2n1-c1ccc2c(c1)CCC2. The Hall–Kier alpha value is -5.58. The third-order valence-corrected chi connectivity index (χ3v) is 7.02. The van der Waals surface area contributed by atoms with Crippen molar-refractivity contribution in [3.8, 4) is 22.9 Å². The van der Waals surface area contributed by atoms with Crippen molar-refractivity contribution in [3.05, 3.63) is 112 Å². The summed E-state index contributed by atoms with van der Waals surface area (Å²) in [5, 5.41) is 4.32. The standard InChI is InChI=1S/C23H19N7.C7H8N2O2/c24-21-18(6-2-11-25-21)22-27-19-9-10-20(29-13-3-12-26-29)28-23(19)30(22)17-8-7-15-4-1-5-16(15)14-17;1-9-4-5(7(8)11)2-3-6(9)10/h2-3,6-14H,1,4-5H2,(H2,24,25);2-4H,1H3,(H2,8,11). The lowest BCUT2D eigenvalue weighted by molar-refractivity contribution is 0.0999. The lowest BCUT2D eigenvalue weighted by Crippen LogP contribution is -2.19. The number of anilines is 1. The summed E-state index contributed by atoms with van der Waals surface area (Å²) in [5.41, 5.74) is 17.6. The van der Waals surface area contributed by atoms with Gasteiger partial charge < -0.3 is 16.0 Å². The van der Waals surface area contributed by atoms with Crippen LogP contribution in [-0.4, -0.2) is 39.8 Å². The fourth-order valence-corrected chi connectivity index (χ4v) is 4.95. The zero-order valence-electron chi connectivity index (χ0n) is 22.3. The molecule has 1 aromatic carbocycles. The molecule has 41 heavy (non-hydrogen) atoms. The van der Waals surface area contributed by atoms with E-state index in [9.17, 15) is 9.59 Å². The molecule has 0 saturated carbocycles. The van der Waals surface area contributed by atoms with Crippen LogP contribution < -0.4 is 17.0 Å². The van der Waals surface area contributed by atoms with Crippen molar-refractivity contribution in [2.45, 2.75) is 19.3 Å². The molecule has 1 aliphatic carbocycles. The third kappa shape index (κ3) is 4.96. The summed E-state index contributed by atoms with van der Waals surface area (Å²) in [7, 11) is 1.56. The number of nitrogen functional groups attached to an aromatic ring is 1. The van der Waals surface area contributed by atoms with Gasteiger partial charge in [-0.3, -0.25) is 14.2 Å². The Morgan fingerprint density at radius 1 is 0.951 bits per heavy atom. The van der Waals surface area contributed by atoms with Crippen LogP contribution in [0.4, 0.5) is 5.82 Å². The van der Waals surface area contributed by atoms with E-state index in [2.05, 4.69) is 32.8 Å². The molecule has 0 aliphatic heterocycles. The van der Waals surface area contributed by atoms with Crippen molar-refractivity contribution in [2.24, 2.45) is 12.8 Å². The normalized spacial score (nSPS) is 12.1. The van der Waals surface area contributed by atoms with Gasteiger partial charge in [-0.1, -0.05) is 6.07 Å². The summed E-state index contributed by atoms with van der Waals surface area (Å²) in [6.45, 7) is 0. The maximum Gasteiger partial charge on any atom is 0.250 e. The maximum absolute atomic E-state index is 10.8. The Labute approximate surface area is 234 Å². The molecule has 204 valence electrons. The Balaban J connectivity index is 0.000000233. The largest absolute Gasteiger partial charge is 0.383 e. The van der Waals surface area contributed by atoms with Crippen molar-refractivity contribution in [2.75, 3.05) is 5.73 Å². The fourth-order valence-electron chi connectivity index (χ4n) is 4.95. The van der Waals surface area contributed by atoms with Crippen LogP contribution in [0.25, 0.3) is 34.1 Å². The molecular formula is C30H27N9O2. The number of imidazole rings is 1. The Kier molecular flexibility index (Phi) is 6.60. The highest BCUT2D eigenvalue weighted by atomic mass is 16.1. The monoisotopic (exact) mass is 545 g/mol. The molecule has 7 rings (SSSR count). The average molecular weight is 546 g/mol. The van der Waals surface area contributed by atoms with E-state index < -0.39 is 5.91 Å². The number of hydrogen-bond donors (Lipinski definition) is 2. The molecule has 1 amide bonds. The van der Waals surface area contributed by atoms with Gasteiger partial charge in [0.15, 0.2) is 17.3 Å². The number of aromatic nitrogens is 7. The van der Waals surface area contributed by atoms with Crippen LogP contribution in [0.1, 0.15) is 27.9 Å². The second-order valence-corrected chi connectivity index (χ2v) is 9.71. The molecule has 0 unspecified atom stereocenters. The Morgan fingerprint density at radius 2 is 1.80 bits per heavy atom. The zero-order valence-corrected chi connectivity index (χ0v) is 22.3. The van der Waals surface area contributed by atoms with Gasteiger partial charge in [0.1, 0.15) is 11.3 Å². The van der Waals surface area contributed by atoms with Gasteiger partial charge in [-0.15, -0.1) is 0 Å². The van der Waals surface area contributed by atoms with Crippen molar-refractivity contribution in [1.82, 2.24) is 33.9 Å². The third-order valence-electron chi connectivity index (χ3n) is 7.02. The summed E-state index contributed by atoms with van der Waals surface area (Å²) >= 11 is 0. The van der Waals surface area contributed by atoms with E-state index in [-0.39, 0.29) is 5.56 Å². The van der Waals surface area contributed by atoms with Crippen LogP contribution in [-0.2, 0) is 19.9 Å². The number of primary amides is 1. The predicted octanol–water partition coefficient (Wildman–Crippen LogP) is 3.22. The van der Waals surface area contributed by atoms with Crippen molar-refractivity contribution in [1.29, 1.82) is 0 Å². The van der Waals surface area contributed by atoms with Crippen LogP contribution in [0.5, 0.6) is 0 Å². The molecule has 4 N–H and O–H groups in total. The van der Waals surface area contributed by atoms with Gasteiger partial charge in [-0.25, -0.2) is 19.6 Å². The number of benzene rings is 1. The molecule has 0 atom stereocenters. The van der Waals surface area contributed by atoms with E-state index >= 15 is 0 Å². The minimum atomic E-state index is -0.527. The van der Waals surface area contributed by atoms with Crippen LogP contribution in [0, 0.1) is 0 Å². The summed E-state index contributed by atoms with van der Waals surface area (Å²) < 4.78 is 5.13. The number of fused-ring (bicyclic) bond motifs is 2. The second kappa shape index (κ2) is 10.5. The Bertz CT molecular complexity index is 1960. The van der Waals surface area contributed by atoms with E-state index in [1.165, 1.54) is 40.4 Å². The van der Waals surface area contributed by atoms with Gasteiger partial charge >= 0.3 is 0 Å². The molecular weight excluding hydrogens is 518 g/mol. The number of nitrogens with zero attached hydrogens (tertiary/aromatic N) is 7. The van der Waals surface area contributed by atoms with Crippen molar-refractivity contribution < 1.29 is 4.79 Å². The van der Waals surface area contributed by atoms with E-state index in [0.717, 1.165) is 46.9 Å². The molecule has 0 spiro atoms. The molecule has 1 aliphatic rings. The molecule has 11 heteroatoms. The lowest BCUT2D eigenvalue weighted by Gasteiger charge is -2.12. The van der Waals surface area contributed by atoms with E-state index in [1.807, 2.05) is 36.5 Å². The predicted molar refractivity (Wildman–Crippen MR) is 156 cm³/mol. The average Bonchev–Trinajstić information content (AvgIpc) is 3.74. The summed E-state index contributed by atoms with van der Waals surface area (Å²) in [6.07, 6.45) is 10.2. The molecule has 5 aromatic heterocycles. The first-order valence-corrected chi connectivity index (χ1v) is 13.1. The number of hydrogen-bond acceptors (Lipinski definition) is 7. The first-order valence-electron chi connectivity index (χ1n) is 13.1. The van der Waals surface area contributed by atoms with Crippen molar-refractivity contribution >= 4 is 22.9 Å². The van der Waals surface area contributed by atoms with Crippen LogP contribution in [0.15, 0.2) is 90.2 Å². The highest BCUT2D eigenvalue weighted by molar-refractivity contribution is 5.92. The first kappa shape index (κ1) is 25.7. The molecule has 11 nitrogen and oxygen atoms in total. The van der Waals surface area contributed by atoms with Crippen LogP contribution >= 0.6 is 0 Å². The highest BCUT2D eigenvalue weighted by Gasteiger charge is 2.20. The van der Waals surface area contributed by atoms with Gasteiger partial charge in [-0.2, -0.15) is 5.10 Å². The highest BCUT2D eigenvalue weighted by Crippen LogP contribution is 2.32. The summed E-state index contributed by atoms with van der Waals surface area (Å²) in [4.78, 5) is 35.4. The maximum atomic E-state index is 10.8. The topological polar surface area (TPSA) is 153 Å². The number of nitrogens with two attached hydrogens (primary N) is 2. The molecule has 0 saturated heterocycles. The van der Waals surface area contributed by atoms with E-state index in [1.54, 1.807) is 24.1 Å². The van der Waals surface area contributed by atoms with Gasteiger partial charge in [-0.05, 0) is 78.9 Å². The molecule has 0 bridgehead atoms. The second-order valence-electron chi connectivity index (χ2n) is 9.71. The number of carbonyl (C=O) groups is 1. The number of amides is 1. The first-order chi connectivity index (χ1) is 19.9. The van der Waals surface area contributed by atoms with Gasteiger partial charge in [0.05, 0.1) is 11.1 Å². The van der Waals surface area contributed by atoms with Crippen LogP contribution in [0.3, 0.4) is 0 Å². The minimum Gasteiger partial charge on any atom is -0.383 e. The quantitative estimate of drug-likeness (QED) is 0.345. The summed E-state index contributed by atoms with van der Waals surface area (Å²) in [6, 6.07) is 18.9. The molecule has 5 heterocycles. The van der Waals surface area contributed by atoms with Crippen LogP contribution in [0.2, 0.25) is 0 Å². The van der Waals surface area contributed by atoms with E-state index in [4.69, 9.17) is 21.4 Å². The lowest BCUT2D eigenvalue weighted by atomic mass is 10.1.